The molecule has 0 radical (unpaired) electrons. The fraction of sp³-hybridized carbons (Fsp3) is 0.417. The molecule has 1 fully saturated rings. The van der Waals surface area contributed by atoms with Crippen LogP contribution in [0.25, 0.3) is 0 Å². The van der Waals surface area contributed by atoms with Crippen molar-refractivity contribution in [2.75, 3.05) is 17.2 Å². The maximum absolute atomic E-state index is 13.2. The van der Waals surface area contributed by atoms with Gasteiger partial charge < -0.3 is 10.6 Å². The topological polar surface area (TPSA) is 53.0 Å². The van der Waals surface area contributed by atoms with Gasteiger partial charge in [0.2, 0.25) is 0 Å². The molecule has 84 valence electrons. The molecule has 1 saturated carbocycles. The Labute approximate surface area is 94.3 Å². The quantitative estimate of drug-likeness (QED) is 0.790. The minimum absolute atomic E-state index is 0.322. The Morgan fingerprint density at radius 3 is 2.75 bits per heavy atom. The predicted molar refractivity (Wildman–Crippen MR) is 61.4 cm³/mol. The fourth-order valence-corrected chi connectivity index (χ4v) is 1.84. The number of halogens is 1. The summed E-state index contributed by atoms with van der Waals surface area (Å²) in [5, 5.41) is 8.60. The molecule has 0 spiro atoms. The molecule has 1 aromatic carbocycles. The molecule has 0 saturated heterocycles. The Bertz CT molecular complexity index is 401. The van der Waals surface area contributed by atoms with Gasteiger partial charge in [0.1, 0.15) is 5.82 Å². The average molecular weight is 219 g/mol. The monoisotopic (exact) mass is 219 g/mol. The second-order valence-electron chi connectivity index (χ2n) is 4.08. The van der Waals surface area contributed by atoms with Crippen LogP contribution in [0.4, 0.5) is 15.8 Å². The van der Waals surface area contributed by atoms with Crippen LogP contribution in [0, 0.1) is 17.1 Å². The Morgan fingerprint density at radius 2 is 2.19 bits per heavy atom. The highest BCUT2D eigenvalue weighted by molar-refractivity contribution is 5.57. The minimum atomic E-state index is -0.322. The highest BCUT2D eigenvalue weighted by Crippen LogP contribution is 2.32. The van der Waals surface area contributed by atoms with Crippen LogP contribution in [-0.4, -0.2) is 12.6 Å². The van der Waals surface area contributed by atoms with Gasteiger partial charge in [0.05, 0.1) is 12.5 Å². The van der Waals surface area contributed by atoms with Crippen LogP contribution in [0.3, 0.4) is 0 Å². The fourth-order valence-electron chi connectivity index (χ4n) is 1.84. The molecule has 0 unspecified atom stereocenters. The molecule has 0 aliphatic heterocycles. The number of hydrogen-bond donors (Lipinski definition) is 1. The maximum Gasteiger partial charge on any atom is 0.127 e. The van der Waals surface area contributed by atoms with E-state index in [2.05, 4.69) is 11.0 Å². The zero-order valence-electron chi connectivity index (χ0n) is 8.99. The molecule has 0 atom stereocenters. The number of nitrogens with two attached hydrogens (primary N) is 1. The molecule has 2 rings (SSSR count). The first-order valence-corrected chi connectivity index (χ1v) is 5.40. The molecule has 1 aromatic rings. The van der Waals surface area contributed by atoms with Gasteiger partial charge in [-0.15, -0.1) is 0 Å². The van der Waals surface area contributed by atoms with Crippen molar-refractivity contribution in [1.29, 1.82) is 5.26 Å². The van der Waals surface area contributed by atoms with Crippen LogP contribution in [0.1, 0.15) is 19.3 Å². The van der Waals surface area contributed by atoms with Crippen molar-refractivity contribution in [3.63, 3.8) is 0 Å². The number of anilines is 2. The van der Waals surface area contributed by atoms with Crippen molar-refractivity contribution in [2.24, 2.45) is 0 Å². The lowest BCUT2D eigenvalue weighted by molar-refractivity contribution is 0.627. The van der Waals surface area contributed by atoms with Crippen molar-refractivity contribution in [2.45, 2.75) is 25.3 Å². The summed E-state index contributed by atoms with van der Waals surface area (Å²) < 4.78 is 13.2. The van der Waals surface area contributed by atoms with Gasteiger partial charge in [-0.1, -0.05) is 0 Å². The number of rotatable bonds is 4. The van der Waals surface area contributed by atoms with Gasteiger partial charge >= 0.3 is 0 Å². The third-order valence-electron chi connectivity index (χ3n) is 2.69. The molecule has 1 aliphatic rings. The van der Waals surface area contributed by atoms with Crippen molar-refractivity contribution in [1.82, 2.24) is 0 Å². The second kappa shape index (κ2) is 4.40. The van der Waals surface area contributed by atoms with E-state index < -0.39 is 0 Å². The summed E-state index contributed by atoms with van der Waals surface area (Å²) in [4.78, 5) is 2.07. The van der Waals surface area contributed by atoms with E-state index in [-0.39, 0.29) is 5.82 Å². The zero-order chi connectivity index (χ0) is 11.5. The van der Waals surface area contributed by atoms with Crippen molar-refractivity contribution in [3.8, 4) is 6.07 Å². The van der Waals surface area contributed by atoms with E-state index in [4.69, 9.17) is 11.0 Å². The highest BCUT2D eigenvalue weighted by Gasteiger charge is 2.29. The molecule has 0 heterocycles. The third-order valence-corrected chi connectivity index (χ3v) is 2.69. The highest BCUT2D eigenvalue weighted by atomic mass is 19.1. The van der Waals surface area contributed by atoms with Crippen molar-refractivity contribution < 1.29 is 4.39 Å². The number of nitrogen functional groups attached to an aromatic ring is 1. The Morgan fingerprint density at radius 1 is 1.44 bits per heavy atom. The summed E-state index contributed by atoms with van der Waals surface area (Å²) >= 11 is 0. The van der Waals surface area contributed by atoms with Crippen LogP contribution in [-0.2, 0) is 0 Å². The average Bonchev–Trinajstić information content (AvgIpc) is 3.01. The minimum Gasteiger partial charge on any atom is -0.399 e. The molecular formula is C12H14FN3. The molecule has 0 bridgehead atoms. The number of nitrogens with zero attached hydrogens (tertiary/aromatic N) is 2. The number of nitriles is 1. The predicted octanol–water partition coefficient (Wildman–Crippen LogP) is 2.29. The molecular weight excluding hydrogens is 205 g/mol. The molecule has 0 aromatic heterocycles. The summed E-state index contributed by atoms with van der Waals surface area (Å²) in [5.41, 5.74) is 6.83. The summed E-state index contributed by atoms with van der Waals surface area (Å²) in [6.45, 7) is 0.643. The van der Waals surface area contributed by atoms with Gasteiger partial charge in [-0.25, -0.2) is 4.39 Å². The van der Waals surface area contributed by atoms with Crippen LogP contribution in [0.5, 0.6) is 0 Å². The largest absolute Gasteiger partial charge is 0.399 e. The lowest BCUT2D eigenvalue weighted by Crippen LogP contribution is -2.26. The summed E-state index contributed by atoms with van der Waals surface area (Å²) in [7, 11) is 0. The molecule has 3 nitrogen and oxygen atoms in total. The van der Waals surface area contributed by atoms with E-state index in [0.717, 1.165) is 18.5 Å². The normalized spacial score (nSPS) is 14.5. The van der Waals surface area contributed by atoms with E-state index in [1.54, 1.807) is 6.07 Å². The van der Waals surface area contributed by atoms with Crippen molar-refractivity contribution in [3.05, 3.63) is 24.0 Å². The van der Waals surface area contributed by atoms with Gasteiger partial charge in [0.25, 0.3) is 0 Å². The van der Waals surface area contributed by atoms with Crippen LogP contribution in [0.15, 0.2) is 18.2 Å². The van der Waals surface area contributed by atoms with E-state index in [0.29, 0.717) is 24.7 Å². The lowest BCUT2D eigenvalue weighted by atomic mass is 10.2. The molecule has 16 heavy (non-hydrogen) atoms. The smallest absolute Gasteiger partial charge is 0.127 e. The first-order chi connectivity index (χ1) is 7.70. The summed E-state index contributed by atoms with van der Waals surface area (Å²) in [5.74, 6) is -0.322. The second-order valence-corrected chi connectivity index (χ2v) is 4.08. The van der Waals surface area contributed by atoms with Gasteiger partial charge in [-0.05, 0) is 31.0 Å². The molecule has 2 N–H and O–H groups in total. The van der Waals surface area contributed by atoms with Crippen LogP contribution in [0.2, 0.25) is 0 Å². The van der Waals surface area contributed by atoms with Gasteiger partial charge in [0.15, 0.2) is 0 Å². The summed E-state index contributed by atoms with van der Waals surface area (Å²) in [6.07, 6.45) is 2.68. The summed E-state index contributed by atoms with van der Waals surface area (Å²) in [6, 6.07) is 7.11. The maximum atomic E-state index is 13.2. The van der Waals surface area contributed by atoms with Gasteiger partial charge in [-0.2, -0.15) is 5.26 Å². The molecule has 0 amide bonds. The van der Waals surface area contributed by atoms with Crippen molar-refractivity contribution >= 4 is 11.4 Å². The van der Waals surface area contributed by atoms with E-state index in [1.165, 1.54) is 12.1 Å². The zero-order valence-corrected chi connectivity index (χ0v) is 8.99. The number of hydrogen-bond acceptors (Lipinski definition) is 3. The lowest BCUT2D eigenvalue weighted by Gasteiger charge is -2.23. The van der Waals surface area contributed by atoms with Gasteiger partial charge in [0, 0.05) is 24.0 Å². The van der Waals surface area contributed by atoms with E-state index >= 15 is 0 Å². The standard InChI is InChI=1S/C12H14FN3/c13-9-6-10(15)8-12(7-9)16(5-1-4-14)11-2-3-11/h6-8,11H,1-3,5,15H2. The Balaban J connectivity index is 2.20. The van der Waals surface area contributed by atoms with Crippen LogP contribution < -0.4 is 10.6 Å². The van der Waals surface area contributed by atoms with Crippen LogP contribution >= 0.6 is 0 Å². The van der Waals surface area contributed by atoms with E-state index in [1.807, 2.05) is 0 Å². The third kappa shape index (κ3) is 2.43. The first kappa shape index (κ1) is 10.7. The molecule has 4 heteroatoms. The first-order valence-electron chi connectivity index (χ1n) is 5.40. The SMILES string of the molecule is N#CCCN(c1cc(N)cc(F)c1)C1CC1. The van der Waals surface area contributed by atoms with Gasteiger partial charge in [-0.3, -0.25) is 0 Å². The molecule has 1 aliphatic carbocycles. The van der Waals surface area contributed by atoms with E-state index in [9.17, 15) is 4.39 Å². The Kier molecular flexibility index (Phi) is 2.95. The number of benzene rings is 1. The Hall–Kier alpha value is -1.76.